The van der Waals surface area contributed by atoms with Gasteiger partial charge in [0.2, 0.25) is 0 Å². The highest BCUT2D eigenvalue weighted by Crippen LogP contribution is 2.15. The third-order valence-electron chi connectivity index (χ3n) is 3.91. The van der Waals surface area contributed by atoms with Crippen molar-refractivity contribution in [3.8, 4) is 0 Å². The lowest BCUT2D eigenvalue weighted by Gasteiger charge is -2.32. The molecule has 1 heterocycles. The molecular weight excluding hydrogens is 397 g/mol. The molecular formula is C16H25ClIN3. The minimum atomic E-state index is 0. The first kappa shape index (κ1) is 18.6. The van der Waals surface area contributed by atoms with Crippen LogP contribution in [0.2, 0.25) is 5.02 Å². The zero-order valence-corrected chi connectivity index (χ0v) is 15.9. The van der Waals surface area contributed by atoms with Crippen LogP contribution in [0.15, 0.2) is 29.3 Å². The number of hydrogen-bond acceptors (Lipinski definition) is 1. The summed E-state index contributed by atoms with van der Waals surface area (Å²) in [5.74, 6) is 1.88. The maximum atomic E-state index is 5.89. The first-order valence-electron chi connectivity index (χ1n) is 7.39. The van der Waals surface area contributed by atoms with E-state index in [1.165, 1.54) is 18.4 Å². The number of hydrogen-bond donors (Lipinski definition) is 1. The van der Waals surface area contributed by atoms with Gasteiger partial charge in [0.05, 0.1) is 0 Å². The monoisotopic (exact) mass is 421 g/mol. The van der Waals surface area contributed by atoms with Crippen LogP contribution in [-0.2, 0) is 6.42 Å². The van der Waals surface area contributed by atoms with E-state index >= 15 is 0 Å². The highest BCUT2D eigenvalue weighted by atomic mass is 127. The number of piperidine rings is 1. The fourth-order valence-corrected chi connectivity index (χ4v) is 2.65. The molecule has 118 valence electrons. The van der Waals surface area contributed by atoms with E-state index < -0.39 is 0 Å². The van der Waals surface area contributed by atoms with Crippen LogP contribution >= 0.6 is 35.6 Å². The van der Waals surface area contributed by atoms with E-state index in [4.69, 9.17) is 11.6 Å². The van der Waals surface area contributed by atoms with Crippen molar-refractivity contribution in [2.24, 2.45) is 10.9 Å². The molecule has 0 atom stereocenters. The van der Waals surface area contributed by atoms with Gasteiger partial charge in [-0.3, -0.25) is 4.99 Å². The fraction of sp³-hybridized carbons (Fsp3) is 0.562. The summed E-state index contributed by atoms with van der Waals surface area (Å²) in [5.41, 5.74) is 1.30. The van der Waals surface area contributed by atoms with Crippen LogP contribution < -0.4 is 5.32 Å². The first-order chi connectivity index (χ1) is 9.69. The van der Waals surface area contributed by atoms with Crippen LogP contribution in [0.25, 0.3) is 0 Å². The molecule has 1 N–H and O–H groups in total. The third-order valence-corrected chi connectivity index (χ3v) is 4.16. The summed E-state index contributed by atoms with van der Waals surface area (Å²) in [6, 6.07) is 8.04. The van der Waals surface area contributed by atoms with Crippen molar-refractivity contribution in [1.82, 2.24) is 10.2 Å². The molecule has 0 spiro atoms. The summed E-state index contributed by atoms with van der Waals surface area (Å²) < 4.78 is 0. The van der Waals surface area contributed by atoms with Gasteiger partial charge in [0.1, 0.15) is 0 Å². The molecule has 2 rings (SSSR count). The second kappa shape index (κ2) is 9.51. The van der Waals surface area contributed by atoms with Gasteiger partial charge in [0.25, 0.3) is 0 Å². The van der Waals surface area contributed by atoms with Crippen molar-refractivity contribution in [2.75, 3.05) is 26.7 Å². The topological polar surface area (TPSA) is 27.6 Å². The largest absolute Gasteiger partial charge is 0.356 e. The lowest BCUT2D eigenvalue weighted by atomic mass is 10.00. The highest BCUT2D eigenvalue weighted by Gasteiger charge is 2.18. The number of halogens is 2. The molecule has 0 radical (unpaired) electrons. The van der Waals surface area contributed by atoms with Crippen LogP contribution in [0.5, 0.6) is 0 Å². The Bertz CT molecular complexity index is 439. The second-order valence-electron chi connectivity index (χ2n) is 5.52. The number of guanidine groups is 1. The van der Waals surface area contributed by atoms with E-state index in [0.717, 1.165) is 43.0 Å². The quantitative estimate of drug-likeness (QED) is 0.457. The maximum absolute atomic E-state index is 5.89. The third kappa shape index (κ3) is 6.02. The predicted octanol–water partition coefficient (Wildman–Crippen LogP) is 3.81. The summed E-state index contributed by atoms with van der Waals surface area (Å²) in [7, 11) is 1.86. The molecule has 21 heavy (non-hydrogen) atoms. The van der Waals surface area contributed by atoms with Gasteiger partial charge < -0.3 is 10.2 Å². The Morgan fingerprint density at radius 1 is 1.29 bits per heavy atom. The molecule has 0 bridgehead atoms. The van der Waals surface area contributed by atoms with Gasteiger partial charge in [0.15, 0.2) is 5.96 Å². The SMILES string of the molecule is CN=C(NCCc1ccc(Cl)cc1)N1CCC(C)CC1.I. The highest BCUT2D eigenvalue weighted by molar-refractivity contribution is 14.0. The Balaban J connectivity index is 0.00000220. The summed E-state index contributed by atoms with van der Waals surface area (Å²) in [6.45, 7) is 5.46. The molecule has 3 nitrogen and oxygen atoms in total. The summed E-state index contributed by atoms with van der Waals surface area (Å²) in [5, 5.41) is 4.25. The molecule has 0 saturated carbocycles. The molecule has 0 amide bonds. The lowest BCUT2D eigenvalue weighted by Crippen LogP contribution is -2.45. The van der Waals surface area contributed by atoms with Gasteiger partial charge in [-0.25, -0.2) is 0 Å². The van der Waals surface area contributed by atoms with E-state index in [0.29, 0.717) is 0 Å². The average Bonchev–Trinajstić information content (AvgIpc) is 2.47. The number of aliphatic imine (C=N–C) groups is 1. The van der Waals surface area contributed by atoms with Gasteiger partial charge in [-0.1, -0.05) is 30.7 Å². The Morgan fingerprint density at radius 2 is 1.90 bits per heavy atom. The van der Waals surface area contributed by atoms with Crippen LogP contribution in [0.1, 0.15) is 25.3 Å². The summed E-state index contributed by atoms with van der Waals surface area (Å²) >= 11 is 5.89. The number of likely N-dealkylation sites (tertiary alicyclic amines) is 1. The van der Waals surface area contributed by atoms with Crippen molar-refractivity contribution in [1.29, 1.82) is 0 Å². The van der Waals surface area contributed by atoms with Crippen molar-refractivity contribution in [2.45, 2.75) is 26.2 Å². The Labute approximate surface area is 150 Å². The van der Waals surface area contributed by atoms with E-state index in [1.807, 2.05) is 19.2 Å². The fourth-order valence-electron chi connectivity index (χ4n) is 2.52. The van der Waals surface area contributed by atoms with Gasteiger partial charge in [-0.05, 0) is 42.9 Å². The van der Waals surface area contributed by atoms with E-state index in [9.17, 15) is 0 Å². The van der Waals surface area contributed by atoms with Gasteiger partial charge in [-0.15, -0.1) is 24.0 Å². The lowest BCUT2D eigenvalue weighted by molar-refractivity contribution is 0.273. The Kier molecular flexibility index (Phi) is 8.41. The summed E-state index contributed by atoms with van der Waals surface area (Å²) in [6.07, 6.45) is 3.51. The zero-order valence-electron chi connectivity index (χ0n) is 12.8. The van der Waals surface area contributed by atoms with Crippen molar-refractivity contribution >= 4 is 41.5 Å². The molecule has 1 aliphatic rings. The summed E-state index contributed by atoms with van der Waals surface area (Å²) in [4.78, 5) is 6.76. The molecule has 1 saturated heterocycles. The molecule has 0 unspecified atom stereocenters. The smallest absolute Gasteiger partial charge is 0.193 e. The first-order valence-corrected chi connectivity index (χ1v) is 7.77. The van der Waals surface area contributed by atoms with Crippen LogP contribution in [0.3, 0.4) is 0 Å². The maximum Gasteiger partial charge on any atom is 0.193 e. The van der Waals surface area contributed by atoms with Crippen LogP contribution in [0, 0.1) is 5.92 Å². The predicted molar refractivity (Wildman–Crippen MR) is 102 cm³/mol. The van der Waals surface area contributed by atoms with Crippen molar-refractivity contribution in [3.05, 3.63) is 34.9 Å². The van der Waals surface area contributed by atoms with Gasteiger partial charge in [-0.2, -0.15) is 0 Å². The zero-order chi connectivity index (χ0) is 14.4. The standard InChI is InChI=1S/C16H24ClN3.HI/c1-13-8-11-20(12-9-13)16(18-2)19-10-7-14-3-5-15(17)6-4-14;/h3-6,13H,7-12H2,1-2H3,(H,18,19);1H. The van der Waals surface area contributed by atoms with E-state index in [-0.39, 0.29) is 24.0 Å². The molecule has 1 aromatic carbocycles. The Hall–Kier alpha value is -0.490. The van der Waals surface area contributed by atoms with Gasteiger partial charge >= 0.3 is 0 Å². The average molecular weight is 422 g/mol. The molecule has 0 aliphatic carbocycles. The number of benzene rings is 1. The normalized spacial score (nSPS) is 16.5. The molecule has 5 heteroatoms. The van der Waals surface area contributed by atoms with Crippen molar-refractivity contribution in [3.63, 3.8) is 0 Å². The second-order valence-corrected chi connectivity index (χ2v) is 5.96. The molecule has 0 aromatic heterocycles. The molecule has 1 aromatic rings. The van der Waals surface area contributed by atoms with E-state index in [2.05, 4.69) is 34.3 Å². The van der Waals surface area contributed by atoms with Crippen LogP contribution in [-0.4, -0.2) is 37.5 Å². The number of rotatable bonds is 3. The minimum absolute atomic E-state index is 0. The van der Waals surface area contributed by atoms with E-state index in [1.54, 1.807) is 0 Å². The Morgan fingerprint density at radius 3 is 2.48 bits per heavy atom. The molecule has 1 aliphatic heterocycles. The van der Waals surface area contributed by atoms with Crippen LogP contribution in [0.4, 0.5) is 0 Å². The van der Waals surface area contributed by atoms with Crippen molar-refractivity contribution < 1.29 is 0 Å². The number of nitrogens with zero attached hydrogens (tertiary/aromatic N) is 2. The minimum Gasteiger partial charge on any atom is -0.356 e. The molecule has 1 fully saturated rings. The number of nitrogens with one attached hydrogen (secondary N) is 1. The van der Waals surface area contributed by atoms with Gasteiger partial charge in [0, 0.05) is 31.7 Å².